The molecule has 0 radical (unpaired) electrons. The first-order valence-corrected chi connectivity index (χ1v) is 5.64. The third kappa shape index (κ3) is 1.88. The predicted octanol–water partition coefficient (Wildman–Crippen LogP) is 3.41. The number of aliphatic hydroxyl groups is 1. The van der Waals surface area contributed by atoms with E-state index < -0.39 is 0 Å². The first kappa shape index (κ1) is 10.2. The first-order valence-electron chi connectivity index (χ1n) is 4.76. The largest absolute Gasteiger partial charge is 0.505 e. The van der Waals surface area contributed by atoms with Crippen molar-refractivity contribution in [1.29, 1.82) is 0 Å². The number of aliphatic hydroxyl groups excluding tert-OH is 1. The lowest BCUT2D eigenvalue weighted by atomic mass is 10.2. The van der Waals surface area contributed by atoms with Gasteiger partial charge in [-0.05, 0) is 12.3 Å². The third-order valence-electron chi connectivity index (χ3n) is 2.42. The third-order valence-corrected chi connectivity index (χ3v) is 3.57. The van der Waals surface area contributed by atoms with Gasteiger partial charge >= 0.3 is 0 Å². The summed E-state index contributed by atoms with van der Waals surface area (Å²) in [4.78, 5) is 1.99. The molecule has 1 aliphatic rings. The predicted molar refractivity (Wildman–Crippen MR) is 65.1 cm³/mol. The van der Waals surface area contributed by atoms with E-state index in [0.717, 1.165) is 16.3 Å². The Morgan fingerprint density at radius 2 is 1.93 bits per heavy atom. The Labute approximate surface area is 93.9 Å². The molecular weight excluding hydrogens is 206 g/mol. The van der Waals surface area contributed by atoms with Gasteiger partial charge < -0.3 is 10.0 Å². The minimum Gasteiger partial charge on any atom is -0.505 e. The molecule has 1 aromatic carbocycles. The standard InChI is InChI=1S/C12H13NOS/c1-9-8-15-12(13(9)2)11(14)10-6-4-3-5-7-10/h3-8,14H,1-2H3/b12-11-. The molecule has 2 nitrogen and oxygen atoms in total. The molecule has 1 N–H and O–H groups in total. The van der Waals surface area contributed by atoms with Crippen molar-refractivity contribution in [3.05, 3.63) is 52.0 Å². The van der Waals surface area contributed by atoms with Gasteiger partial charge in [0.25, 0.3) is 0 Å². The number of nitrogens with zero attached hydrogens (tertiary/aromatic N) is 1. The summed E-state index contributed by atoms with van der Waals surface area (Å²) < 4.78 is 0. The molecule has 0 saturated carbocycles. The van der Waals surface area contributed by atoms with E-state index in [4.69, 9.17) is 0 Å². The van der Waals surface area contributed by atoms with Crippen molar-refractivity contribution in [2.24, 2.45) is 0 Å². The van der Waals surface area contributed by atoms with Gasteiger partial charge in [-0.25, -0.2) is 0 Å². The average Bonchev–Trinajstić information content (AvgIpc) is 2.60. The van der Waals surface area contributed by atoms with Gasteiger partial charge in [-0.2, -0.15) is 0 Å². The molecule has 0 unspecified atom stereocenters. The molecule has 78 valence electrons. The summed E-state index contributed by atoms with van der Waals surface area (Å²) in [6, 6.07) is 9.60. The van der Waals surface area contributed by atoms with Crippen molar-refractivity contribution in [2.75, 3.05) is 7.05 Å². The summed E-state index contributed by atoms with van der Waals surface area (Å²) >= 11 is 1.56. The second-order valence-electron chi connectivity index (χ2n) is 3.46. The monoisotopic (exact) mass is 219 g/mol. The number of hydrogen-bond donors (Lipinski definition) is 1. The zero-order chi connectivity index (χ0) is 10.8. The molecule has 3 heteroatoms. The molecule has 0 spiro atoms. The summed E-state index contributed by atoms with van der Waals surface area (Å²) in [7, 11) is 1.96. The van der Waals surface area contributed by atoms with Crippen molar-refractivity contribution < 1.29 is 5.11 Å². The molecule has 0 atom stereocenters. The second-order valence-corrected chi connectivity index (χ2v) is 4.31. The van der Waals surface area contributed by atoms with E-state index in [9.17, 15) is 5.11 Å². The van der Waals surface area contributed by atoms with Gasteiger partial charge in [-0.3, -0.25) is 0 Å². The van der Waals surface area contributed by atoms with Gasteiger partial charge in [0, 0.05) is 18.3 Å². The van der Waals surface area contributed by atoms with E-state index in [1.54, 1.807) is 11.8 Å². The van der Waals surface area contributed by atoms with Gasteiger partial charge in [0.15, 0.2) is 5.76 Å². The Morgan fingerprint density at radius 1 is 1.27 bits per heavy atom. The lowest BCUT2D eigenvalue weighted by Crippen LogP contribution is -2.10. The Kier molecular flexibility index (Phi) is 2.73. The van der Waals surface area contributed by atoms with Gasteiger partial charge in [0.05, 0.1) is 0 Å². The van der Waals surface area contributed by atoms with Crippen LogP contribution in [0.5, 0.6) is 0 Å². The Morgan fingerprint density at radius 3 is 2.47 bits per heavy atom. The minimum atomic E-state index is 0.344. The highest BCUT2D eigenvalue weighted by Crippen LogP contribution is 2.36. The van der Waals surface area contributed by atoms with Crippen molar-refractivity contribution in [2.45, 2.75) is 6.92 Å². The molecule has 0 saturated heterocycles. The van der Waals surface area contributed by atoms with Gasteiger partial charge in [-0.1, -0.05) is 42.1 Å². The molecule has 0 aromatic heterocycles. The molecule has 1 aromatic rings. The number of allylic oxidation sites excluding steroid dienone is 1. The Bertz CT molecular complexity index is 423. The number of hydrogen-bond acceptors (Lipinski definition) is 3. The quantitative estimate of drug-likeness (QED) is 0.732. The highest BCUT2D eigenvalue weighted by Gasteiger charge is 2.18. The maximum absolute atomic E-state index is 10.1. The van der Waals surface area contributed by atoms with Crippen LogP contribution in [0, 0.1) is 0 Å². The van der Waals surface area contributed by atoms with E-state index in [1.807, 2.05) is 54.6 Å². The molecular formula is C12H13NOS. The van der Waals surface area contributed by atoms with Crippen molar-refractivity contribution >= 4 is 17.5 Å². The van der Waals surface area contributed by atoms with Crippen molar-refractivity contribution in [3.8, 4) is 0 Å². The summed E-state index contributed by atoms with van der Waals surface area (Å²) in [5.74, 6) is 0.344. The van der Waals surface area contributed by atoms with Gasteiger partial charge in [0.1, 0.15) is 5.03 Å². The molecule has 1 aliphatic heterocycles. The van der Waals surface area contributed by atoms with Crippen LogP contribution in [-0.2, 0) is 0 Å². The van der Waals surface area contributed by atoms with Crippen molar-refractivity contribution in [1.82, 2.24) is 4.90 Å². The van der Waals surface area contributed by atoms with Crippen LogP contribution < -0.4 is 0 Å². The maximum atomic E-state index is 10.1. The average molecular weight is 219 g/mol. The van der Waals surface area contributed by atoms with E-state index >= 15 is 0 Å². The van der Waals surface area contributed by atoms with Crippen LogP contribution in [-0.4, -0.2) is 17.1 Å². The Balaban J connectivity index is 2.36. The SMILES string of the molecule is CC1=CS/C(=C(\O)c2ccccc2)N1C. The fraction of sp³-hybridized carbons (Fsp3) is 0.167. The summed E-state index contributed by atoms with van der Waals surface area (Å²) in [6.07, 6.45) is 0. The number of thioether (sulfide) groups is 1. The molecule has 1 heterocycles. The van der Waals surface area contributed by atoms with Crippen molar-refractivity contribution in [3.63, 3.8) is 0 Å². The summed E-state index contributed by atoms with van der Waals surface area (Å²) in [5.41, 5.74) is 2.01. The van der Waals surface area contributed by atoms with E-state index in [2.05, 4.69) is 0 Å². The van der Waals surface area contributed by atoms with Crippen LogP contribution in [0.15, 0.2) is 46.5 Å². The van der Waals surface area contributed by atoms with Crippen LogP contribution in [0.4, 0.5) is 0 Å². The molecule has 2 rings (SSSR count). The highest BCUT2D eigenvalue weighted by molar-refractivity contribution is 8.06. The van der Waals surface area contributed by atoms with Crippen LogP contribution in [0.3, 0.4) is 0 Å². The maximum Gasteiger partial charge on any atom is 0.153 e. The normalized spacial score (nSPS) is 19.1. The fourth-order valence-corrected chi connectivity index (χ4v) is 2.37. The lowest BCUT2D eigenvalue weighted by molar-refractivity contribution is 0.479. The van der Waals surface area contributed by atoms with Crippen LogP contribution in [0.2, 0.25) is 0 Å². The Hall–Kier alpha value is -1.35. The first-order chi connectivity index (χ1) is 7.20. The lowest BCUT2D eigenvalue weighted by Gasteiger charge is -2.16. The fourth-order valence-electron chi connectivity index (χ4n) is 1.39. The zero-order valence-corrected chi connectivity index (χ0v) is 9.58. The van der Waals surface area contributed by atoms with E-state index in [0.29, 0.717) is 5.76 Å². The molecule has 0 fully saturated rings. The van der Waals surface area contributed by atoms with E-state index in [1.165, 1.54) is 0 Å². The van der Waals surface area contributed by atoms with E-state index in [-0.39, 0.29) is 0 Å². The number of rotatable bonds is 1. The topological polar surface area (TPSA) is 23.5 Å². The summed E-state index contributed by atoms with van der Waals surface area (Å²) in [6.45, 7) is 2.03. The minimum absolute atomic E-state index is 0.344. The molecule has 0 aliphatic carbocycles. The molecule has 0 amide bonds. The highest BCUT2D eigenvalue weighted by atomic mass is 32.2. The van der Waals surface area contributed by atoms with Gasteiger partial charge in [-0.15, -0.1) is 0 Å². The molecule has 0 bridgehead atoms. The molecule has 15 heavy (non-hydrogen) atoms. The van der Waals surface area contributed by atoms with Gasteiger partial charge in [0.2, 0.25) is 0 Å². The number of benzene rings is 1. The second kappa shape index (κ2) is 4.03. The van der Waals surface area contributed by atoms with Crippen LogP contribution in [0.25, 0.3) is 5.76 Å². The zero-order valence-electron chi connectivity index (χ0n) is 8.77. The summed E-state index contributed by atoms with van der Waals surface area (Å²) in [5, 5.41) is 13.0. The van der Waals surface area contributed by atoms with Crippen LogP contribution in [0.1, 0.15) is 12.5 Å². The van der Waals surface area contributed by atoms with Crippen LogP contribution >= 0.6 is 11.8 Å². The smallest absolute Gasteiger partial charge is 0.153 e.